The van der Waals surface area contributed by atoms with Crippen molar-refractivity contribution in [2.45, 2.75) is 58.9 Å². The molecule has 0 fully saturated rings. The largest absolute Gasteiger partial charge is 0.354 e. The van der Waals surface area contributed by atoms with Gasteiger partial charge < -0.3 is 5.32 Å². The van der Waals surface area contributed by atoms with Crippen molar-refractivity contribution >= 4 is 17.5 Å². The molecule has 1 aliphatic heterocycles. The zero-order chi connectivity index (χ0) is 16.8. The highest BCUT2D eigenvalue weighted by Crippen LogP contribution is 2.29. The fourth-order valence-corrected chi connectivity index (χ4v) is 3.07. The Balaban J connectivity index is 2.21. The molecule has 1 atom stereocenters. The summed E-state index contributed by atoms with van der Waals surface area (Å²) in [4.78, 5) is 27.0. The van der Waals surface area contributed by atoms with E-state index in [0.717, 1.165) is 30.5 Å². The van der Waals surface area contributed by atoms with Crippen LogP contribution in [0.3, 0.4) is 0 Å². The van der Waals surface area contributed by atoms with Crippen molar-refractivity contribution in [1.82, 2.24) is 5.32 Å². The summed E-state index contributed by atoms with van der Waals surface area (Å²) in [6.07, 6.45) is 3.81. The highest BCUT2D eigenvalue weighted by atomic mass is 16.2. The van der Waals surface area contributed by atoms with Crippen molar-refractivity contribution < 1.29 is 9.59 Å². The van der Waals surface area contributed by atoms with Crippen LogP contribution in [-0.2, 0) is 16.0 Å². The standard InChI is InChI=1S/C19H28N2O2/c1-4-16(19(23)20-13-12-14(2)3)21-17-10-6-5-8-15(17)9-7-11-18(21)22/h5-6,8,10,14,16H,4,7,9,11-13H2,1-3H3,(H,20,23). The lowest BCUT2D eigenvalue weighted by Crippen LogP contribution is -2.49. The van der Waals surface area contributed by atoms with Gasteiger partial charge in [-0.05, 0) is 43.2 Å². The van der Waals surface area contributed by atoms with Crippen molar-refractivity contribution in [2.75, 3.05) is 11.4 Å². The number of aryl methyl sites for hydroxylation is 1. The Bertz CT molecular complexity index is 554. The number of para-hydroxylation sites is 1. The van der Waals surface area contributed by atoms with Gasteiger partial charge in [0, 0.05) is 18.7 Å². The molecule has 0 saturated carbocycles. The fourth-order valence-electron chi connectivity index (χ4n) is 3.07. The van der Waals surface area contributed by atoms with E-state index in [1.807, 2.05) is 25.1 Å². The second kappa shape index (κ2) is 8.14. The third-order valence-corrected chi connectivity index (χ3v) is 4.38. The predicted molar refractivity (Wildman–Crippen MR) is 93.4 cm³/mol. The van der Waals surface area contributed by atoms with E-state index < -0.39 is 6.04 Å². The Morgan fingerprint density at radius 3 is 2.70 bits per heavy atom. The van der Waals surface area contributed by atoms with Crippen LogP contribution in [0.25, 0.3) is 0 Å². The summed E-state index contributed by atoms with van der Waals surface area (Å²) in [6.45, 7) is 6.90. The van der Waals surface area contributed by atoms with Crippen molar-refractivity contribution in [3.8, 4) is 0 Å². The van der Waals surface area contributed by atoms with Gasteiger partial charge in [-0.1, -0.05) is 39.0 Å². The molecule has 0 spiro atoms. The molecule has 4 nitrogen and oxygen atoms in total. The predicted octanol–water partition coefficient (Wildman–Crippen LogP) is 3.30. The molecule has 23 heavy (non-hydrogen) atoms. The molecule has 0 radical (unpaired) electrons. The molecule has 1 aromatic rings. The number of fused-ring (bicyclic) bond motifs is 1. The Hall–Kier alpha value is -1.84. The molecule has 1 aliphatic rings. The molecule has 4 heteroatoms. The van der Waals surface area contributed by atoms with Crippen molar-refractivity contribution in [3.05, 3.63) is 29.8 Å². The summed E-state index contributed by atoms with van der Waals surface area (Å²) in [7, 11) is 0. The van der Waals surface area contributed by atoms with Gasteiger partial charge in [0.1, 0.15) is 6.04 Å². The summed E-state index contributed by atoms with van der Waals surface area (Å²) in [6, 6.07) is 7.53. The lowest BCUT2D eigenvalue weighted by Gasteiger charge is -2.30. The van der Waals surface area contributed by atoms with Crippen LogP contribution < -0.4 is 10.2 Å². The lowest BCUT2D eigenvalue weighted by molar-refractivity contribution is -0.126. The van der Waals surface area contributed by atoms with E-state index in [1.54, 1.807) is 4.90 Å². The van der Waals surface area contributed by atoms with Crippen molar-refractivity contribution in [2.24, 2.45) is 5.92 Å². The van der Waals surface area contributed by atoms with Crippen LogP contribution in [0.15, 0.2) is 24.3 Å². The average molecular weight is 316 g/mol. The molecule has 0 bridgehead atoms. The maximum absolute atomic E-state index is 12.6. The number of nitrogens with zero attached hydrogens (tertiary/aromatic N) is 1. The normalized spacial score (nSPS) is 16.0. The summed E-state index contributed by atoms with van der Waals surface area (Å²) in [5.74, 6) is 0.565. The van der Waals surface area contributed by atoms with Gasteiger partial charge in [0.2, 0.25) is 11.8 Å². The number of anilines is 1. The minimum absolute atomic E-state index is 0.0433. The smallest absolute Gasteiger partial charge is 0.243 e. The Labute approximate surface area is 139 Å². The summed E-state index contributed by atoms with van der Waals surface area (Å²) in [5.41, 5.74) is 2.06. The van der Waals surface area contributed by atoms with Crippen LogP contribution in [0.2, 0.25) is 0 Å². The number of nitrogens with one attached hydrogen (secondary N) is 1. The third-order valence-electron chi connectivity index (χ3n) is 4.38. The molecule has 2 amide bonds. The number of hydrogen-bond acceptors (Lipinski definition) is 2. The first kappa shape index (κ1) is 17.5. The van der Waals surface area contributed by atoms with Crippen LogP contribution >= 0.6 is 0 Å². The van der Waals surface area contributed by atoms with Crippen LogP contribution in [0.4, 0.5) is 5.69 Å². The monoisotopic (exact) mass is 316 g/mol. The first-order chi connectivity index (χ1) is 11.0. The lowest BCUT2D eigenvalue weighted by atomic mass is 10.1. The molecule has 1 heterocycles. The van der Waals surface area contributed by atoms with Gasteiger partial charge in [-0.2, -0.15) is 0 Å². The second-order valence-electron chi connectivity index (χ2n) is 6.64. The maximum Gasteiger partial charge on any atom is 0.243 e. The zero-order valence-electron chi connectivity index (χ0n) is 14.5. The minimum Gasteiger partial charge on any atom is -0.354 e. The number of hydrogen-bond donors (Lipinski definition) is 1. The number of rotatable bonds is 6. The molecule has 0 saturated heterocycles. The number of amides is 2. The van der Waals surface area contributed by atoms with E-state index >= 15 is 0 Å². The fraction of sp³-hybridized carbons (Fsp3) is 0.579. The van der Waals surface area contributed by atoms with E-state index in [0.29, 0.717) is 25.3 Å². The molecule has 1 N–H and O–H groups in total. The number of benzene rings is 1. The van der Waals surface area contributed by atoms with Gasteiger partial charge in [0.25, 0.3) is 0 Å². The number of carbonyl (C=O) groups excluding carboxylic acids is 2. The third kappa shape index (κ3) is 4.34. The first-order valence-corrected chi connectivity index (χ1v) is 8.72. The average Bonchev–Trinajstić information content (AvgIpc) is 2.67. The van der Waals surface area contributed by atoms with Gasteiger partial charge in [0.15, 0.2) is 0 Å². The van der Waals surface area contributed by atoms with Crippen LogP contribution in [0, 0.1) is 5.92 Å². The van der Waals surface area contributed by atoms with Gasteiger partial charge in [-0.15, -0.1) is 0 Å². The summed E-state index contributed by atoms with van der Waals surface area (Å²) < 4.78 is 0. The van der Waals surface area contributed by atoms with E-state index in [-0.39, 0.29) is 11.8 Å². The number of carbonyl (C=O) groups is 2. The minimum atomic E-state index is -0.422. The molecule has 1 aromatic carbocycles. The quantitative estimate of drug-likeness (QED) is 0.875. The first-order valence-electron chi connectivity index (χ1n) is 8.72. The molecular formula is C19H28N2O2. The zero-order valence-corrected chi connectivity index (χ0v) is 14.5. The van der Waals surface area contributed by atoms with Gasteiger partial charge in [-0.25, -0.2) is 0 Å². The van der Waals surface area contributed by atoms with E-state index in [1.165, 1.54) is 0 Å². The van der Waals surface area contributed by atoms with Gasteiger partial charge in [0.05, 0.1) is 0 Å². The second-order valence-corrected chi connectivity index (χ2v) is 6.64. The summed E-state index contributed by atoms with van der Waals surface area (Å²) >= 11 is 0. The molecule has 2 rings (SSSR count). The topological polar surface area (TPSA) is 49.4 Å². The van der Waals surface area contributed by atoms with E-state index in [2.05, 4.69) is 25.2 Å². The van der Waals surface area contributed by atoms with Gasteiger partial charge >= 0.3 is 0 Å². The van der Waals surface area contributed by atoms with Gasteiger partial charge in [-0.3, -0.25) is 14.5 Å². The van der Waals surface area contributed by atoms with Crippen molar-refractivity contribution in [1.29, 1.82) is 0 Å². The van der Waals surface area contributed by atoms with E-state index in [4.69, 9.17) is 0 Å². The Morgan fingerprint density at radius 1 is 1.26 bits per heavy atom. The maximum atomic E-state index is 12.6. The Morgan fingerprint density at radius 2 is 2.00 bits per heavy atom. The molecular weight excluding hydrogens is 288 g/mol. The molecule has 126 valence electrons. The molecule has 0 aromatic heterocycles. The highest BCUT2D eigenvalue weighted by molar-refractivity contribution is 6.01. The molecule has 0 aliphatic carbocycles. The van der Waals surface area contributed by atoms with Crippen LogP contribution in [0.5, 0.6) is 0 Å². The van der Waals surface area contributed by atoms with Crippen molar-refractivity contribution in [3.63, 3.8) is 0 Å². The van der Waals surface area contributed by atoms with Crippen LogP contribution in [-0.4, -0.2) is 24.4 Å². The Kier molecular flexibility index (Phi) is 6.20. The van der Waals surface area contributed by atoms with Crippen LogP contribution in [0.1, 0.15) is 52.0 Å². The highest BCUT2D eigenvalue weighted by Gasteiger charge is 2.32. The van der Waals surface area contributed by atoms with E-state index in [9.17, 15) is 9.59 Å². The SMILES string of the molecule is CCC(C(=O)NCCC(C)C)N1C(=O)CCCc2ccccc21. The molecule has 1 unspecified atom stereocenters. The summed E-state index contributed by atoms with van der Waals surface area (Å²) in [5, 5.41) is 3.00.